The summed E-state index contributed by atoms with van der Waals surface area (Å²) in [5.41, 5.74) is 0.624. The molecule has 1 aliphatic rings. The number of para-hydroxylation sites is 1. The number of hydrogen-bond donors (Lipinski definition) is 2. The minimum atomic E-state index is -1.34. The van der Waals surface area contributed by atoms with Crippen LogP contribution in [0.5, 0.6) is 5.75 Å². The summed E-state index contributed by atoms with van der Waals surface area (Å²) in [6, 6.07) is 7.76. The smallest absolute Gasteiger partial charge is 0.306 e. The molecule has 2 atom stereocenters. The lowest BCUT2D eigenvalue weighted by atomic mass is 9.73. The topological polar surface area (TPSA) is 66.8 Å². The molecule has 0 amide bonds. The van der Waals surface area contributed by atoms with Crippen molar-refractivity contribution in [3.8, 4) is 5.75 Å². The van der Waals surface area contributed by atoms with Crippen LogP contribution in [-0.2, 0) is 11.2 Å². The second-order valence-corrected chi connectivity index (χ2v) is 8.33. The summed E-state index contributed by atoms with van der Waals surface area (Å²) in [6.45, 7) is 6.15. The lowest BCUT2D eigenvalue weighted by Crippen LogP contribution is -2.53. The molecule has 0 spiro atoms. The number of unbranched alkanes of at least 4 members (excludes halogenated alkanes) is 4. The van der Waals surface area contributed by atoms with Crippen LogP contribution >= 0.6 is 0 Å². The molecule has 1 aliphatic heterocycles. The van der Waals surface area contributed by atoms with E-state index in [9.17, 15) is 15.0 Å². The maximum Gasteiger partial charge on any atom is 0.306 e. The van der Waals surface area contributed by atoms with E-state index in [1.165, 1.54) is 19.3 Å². The normalized spacial score (nSPS) is 22.3. The highest BCUT2D eigenvalue weighted by atomic mass is 16.6. The average Bonchev–Trinajstić information content (AvgIpc) is 2.57. The van der Waals surface area contributed by atoms with Crippen molar-refractivity contribution in [3.63, 3.8) is 0 Å². The van der Waals surface area contributed by atoms with Crippen LogP contribution in [0.2, 0.25) is 0 Å². The van der Waals surface area contributed by atoms with Gasteiger partial charge < -0.3 is 14.9 Å². The molecule has 0 fully saturated rings. The fraction of sp³-hybridized carbons (Fsp3) is 0.682. The minimum Gasteiger partial charge on any atom is -0.481 e. The van der Waals surface area contributed by atoms with E-state index < -0.39 is 23.1 Å². The number of aliphatic hydroxyl groups is 1. The van der Waals surface area contributed by atoms with Gasteiger partial charge in [-0.05, 0) is 30.9 Å². The summed E-state index contributed by atoms with van der Waals surface area (Å²) in [5, 5.41) is 20.8. The minimum absolute atomic E-state index is 0.334. The highest BCUT2D eigenvalue weighted by Gasteiger charge is 2.49. The van der Waals surface area contributed by atoms with E-state index in [1.54, 1.807) is 0 Å². The molecule has 0 aromatic heterocycles. The van der Waals surface area contributed by atoms with Crippen molar-refractivity contribution in [1.82, 2.24) is 0 Å². The zero-order valence-electron chi connectivity index (χ0n) is 16.5. The number of carboxylic acids is 1. The van der Waals surface area contributed by atoms with Crippen LogP contribution in [0.25, 0.3) is 0 Å². The molecule has 4 heteroatoms. The molecule has 1 aromatic carbocycles. The molecule has 0 radical (unpaired) electrons. The summed E-state index contributed by atoms with van der Waals surface area (Å²) >= 11 is 0. The zero-order chi connectivity index (χ0) is 19.2. The lowest BCUT2D eigenvalue weighted by molar-refractivity contribution is -0.227. The Labute approximate surface area is 157 Å². The van der Waals surface area contributed by atoms with Gasteiger partial charge in [0.2, 0.25) is 5.79 Å². The van der Waals surface area contributed by atoms with Gasteiger partial charge in [0.1, 0.15) is 5.75 Å². The number of carboxylic acid groups (broad SMARTS) is 1. The third-order valence-corrected chi connectivity index (χ3v) is 5.78. The number of fused-ring (bicyclic) bond motifs is 1. The molecule has 1 heterocycles. The third-order valence-electron chi connectivity index (χ3n) is 5.78. The second-order valence-electron chi connectivity index (χ2n) is 8.33. The standard InChI is InChI=1S/C22H34O4/c1-4-5-6-7-8-11-17(20(23)24)14-15-22(25)21(2,3)16-18-12-9-10-13-19(18)26-22/h9-10,12-13,17,25H,4-8,11,14-16H2,1-3H3,(H,23,24). The van der Waals surface area contributed by atoms with Crippen LogP contribution in [0.15, 0.2) is 24.3 Å². The van der Waals surface area contributed by atoms with Gasteiger partial charge >= 0.3 is 5.97 Å². The van der Waals surface area contributed by atoms with Gasteiger partial charge in [-0.3, -0.25) is 4.79 Å². The van der Waals surface area contributed by atoms with Crippen LogP contribution < -0.4 is 4.74 Å². The Morgan fingerprint density at radius 1 is 1.15 bits per heavy atom. The first kappa shape index (κ1) is 20.8. The summed E-state index contributed by atoms with van der Waals surface area (Å²) < 4.78 is 5.99. The van der Waals surface area contributed by atoms with E-state index in [2.05, 4.69) is 6.92 Å². The molecule has 146 valence electrons. The first-order valence-electron chi connectivity index (χ1n) is 10.0. The maximum absolute atomic E-state index is 11.6. The summed E-state index contributed by atoms with van der Waals surface area (Å²) in [5.74, 6) is -1.81. The first-order chi connectivity index (χ1) is 12.3. The maximum atomic E-state index is 11.6. The first-order valence-corrected chi connectivity index (χ1v) is 10.0. The summed E-state index contributed by atoms with van der Waals surface area (Å²) in [4.78, 5) is 11.6. The summed E-state index contributed by atoms with van der Waals surface area (Å²) in [7, 11) is 0. The second kappa shape index (κ2) is 8.90. The predicted octanol–water partition coefficient (Wildman–Crippen LogP) is 5.18. The number of hydrogen-bond acceptors (Lipinski definition) is 3. The van der Waals surface area contributed by atoms with E-state index in [0.717, 1.165) is 18.4 Å². The van der Waals surface area contributed by atoms with Crippen LogP contribution in [0, 0.1) is 11.3 Å². The Hall–Kier alpha value is -1.55. The molecule has 2 N–H and O–H groups in total. The number of ether oxygens (including phenoxy) is 1. The van der Waals surface area contributed by atoms with Gasteiger partial charge in [-0.25, -0.2) is 0 Å². The monoisotopic (exact) mass is 362 g/mol. The largest absolute Gasteiger partial charge is 0.481 e. The molecule has 4 nitrogen and oxygen atoms in total. The van der Waals surface area contributed by atoms with E-state index in [0.29, 0.717) is 31.4 Å². The van der Waals surface area contributed by atoms with Gasteiger partial charge in [0, 0.05) is 11.8 Å². The van der Waals surface area contributed by atoms with Gasteiger partial charge in [-0.15, -0.1) is 0 Å². The Morgan fingerprint density at radius 3 is 2.54 bits per heavy atom. The quantitative estimate of drug-likeness (QED) is 0.563. The Balaban J connectivity index is 1.97. The highest BCUT2D eigenvalue weighted by molar-refractivity contribution is 5.69. The van der Waals surface area contributed by atoms with Crippen molar-refractivity contribution in [2.24, 2.45) is 11.3 Å². The van der Waals surface area contributed by atoms with Crippen molar-refractivity contribution in [2.75, 3.05) is 0 Å². The lowest BCUT2D eigenvalue weighted by Gasteiger charge is -2.46. The molecule has 26 heavy (non-hydrogen) atoms. The van der Waals surface area contributed by atoms with Crippen molar-refractivity contribution < 1.29 is 19.7 Å². The van der Waals surface area contributed by atoms with Crippen LogP contribution in [0.4, 0.5) is 0 Å². The van der Waals surface area contributed by atoms with Crippen LogP contribution in [-0.4, -0.2) is 22.0 Å². The number of carbonyl (C=O) groups is 1. The SMILES string of the molecule is CCCCCCCC(CCC1(O)Oc2ccccc2CC1(C)C)C(=O)O. The summed E-state index contributed by atoms with van der Waals surface area (Å²) in [6.07, 6.45) is 7.73. The van der Waals surface area contributed by atoms with E-state index in [1.807, 2.05) is 38.1 Å². The van der Waals surface area contributed by atoms with Gasteiger partial charge in [-0.2, -0.15) is 0 Å². The van der Waals surface area contributed by atoms with Crippen LogP contribution in [0.1, 0.15) is 77.7 Å². The Kier molecular flexibility index (Phi) is 7.10. The molecule has 0 saturated carbocycles. The van der Waals surface area contributed by atoms with Crippen molar-refractivity contribution in [3.05, 3.63) is 29.8 Å². The predicted molar refractivity (Wildman–Crippen MR) is 103 cm³/mol. The van der Waals surface area contributed by atoms with Gasteiger partial charge in [0.25, 0.3) is 0 Å². The highest BCUT2D eigenvalue weighted by Crippen LogP contribution is 2.46. The number of rotatable bonds is 10. The molecule has 2 rings (SSSR count). The fourth-order valence-electron chi connectivity index (χ4n) is 3.83. The Bertz CT molecular complexity index is 596. The molecule has 0 aliphatic carbocycles. The molecule has 0 bridgehead atoms. The molecule has 1 aromatic rings. The average molecular weight is 363 g/mol. The van der Waals surface area contributed by atoms with Gasteiger partial charge in [-0.1, -0.05) is 71.1 Å². The van der Waals surface area contributed by atoms with Crippen molar-refractivity contribution in [1.29, 1.82) is 0 Å². The molecule has 2 unspecified atom stereocenters. The number of aliphatic carboxylic acids is 1. The zero-order valence-corrected chi connectivity index (χ0v) is 16.5. The third kappa shape index (κ3) is 5.00. The van der Waals surface area contributed by atoms with Crippen LogP contribution in [0.3, 0.4) is 0 Å². The number of benzene rings is 1. The van der Waals surface area contributed by atoms with Crippen molar-refractivity contribution >= 4 is 5.97 Å². The molecular weight excluding hydrogens is 328 g/mol. The van der Waals surface area contributed by atoms with Crippen molar-refractivity contribution in [2.45, 2.75) is 84.3 Å². The van der Waals surface area contributed by atoms with Gasteiger partial charge in [0.15, 0.2) is 0 Å². The van der Waals surface area contributed by atoms with E-state index in [-0.39, 0.29) is 0 Å². The van der Waals surface area contributed by atoms with E-state index >= 15 is 0 Å². The molecule has 0 saturated heterocycles. The Morgan fingerprint density at radius 2 is 1.85 bits per heavy atom. The molecular formula is C22H34O4. The van der Waals surface area contributed by atoms with E-state index in [4.69, 9.17) is 4.74 Å². The fourth-order valence-corrected chi connectivity index (χ4v) is 3.83. The van der Waals surface area contributed by atoms with Gasteiger partial charge in [0.05, 0.1) is 5.92 Å².